The van der Waals surface area contributed by atoms with Crippen LogP contribution in [0.5, 0.6) is 11.5 Å². The number of ether oxygens (including phenoxy) is 2. The van der Waals surface area contributed by atoms with E-state index >= 15 is 0 Å². The molecule has 4 nitrogen and oxygen atoms in total. The van der Waals surface area contributed by atoms with Crippen LogP contribution in [0.1, 0.15) is 16.7 Å². The van der Waals surface area contributed by atoms with Gasteiger partial charge in [-0.15, -0.1) is 0 Å². The van der Waals surface area contributed by atoms with E-state index in [4.69, 9.17) is 19.8 Å². The lowest BCUT2D eigenvalue weighted by molar-refractivity contribution is 0.294. The summed E-state index contributed by atoms with van der Waals surface area (Å²) >= 11 is 0. The Labute approximate surface area is 124 Å². The van der Waals surface area contributed by atoms with Gasteiger partial charge < -0.3 is 14.6 Å². The van der Waals surface area contributed by atoms with Crippen molar-refractivity contribution in [2.45, 2.75) is 13.0 Å². The number of nitrogens with zero attached hydrogens (tertiary/aromatic N) is 1. The van der Waals surface area contributed by atoms with Crippen molar-refractivity contribution < 1.29 is 14.6 Å². The zero-order valence-electron chi connectivity index (χ0n) is 11.9. The molecule has 0 aromatic heterocycles. The second kappa shape index (κ2) is 7.32. The SMILES string of the molecule is COc1cc(C#N)ccc1COc1ccc(CCO)cc1. The monoisotopic (exact) mass is 283 g/mol. The van der Waals surface area contributed by atoms with Crippen molar-refractivity contribution >= 4 is 0 Å². The largest absolute Gasteiger partial charge is 0.496 e. The molecule has 0 radical (unpaired) electrons. The van der Waals surface area contributed by atoms with Crippen molar-refractivity contribution in [3.8, 4) is 17.6 Å². The first kappa shape index (κ1) is 14.9. The quantitative estimate of drug-likeness (QED) is 0.885. The van der Waals surface area contributed by atoms with Gasteiger partial charge in [0.05, 0.1) is 18.7 Å². The Bertz CT molecular complexity index is 629. The van der Waals surface area contributed by atoms with Gasteiger partial charge in [-0.1, -0.05) is 18.2 Å². The van der Waals surface area contributed by atoms with E-state index in [9.17, 15) is 0 Å². The predicted octanol–water partition coefficient (Wildman–Crippen LogP) is 2.68. The van der Waals surface area contributed by atoms with E-state index in [2.05, 4.69) is 6.07 Å². The van der Waals surface area contributed by atoms with Crippen LogP contribution in [0.15, 0.2) is 42.5 Å². The maximum atomic E-state index is 8.87. The van der Waals surface area contributed by atoms with Gasteiger partial charge in [-0.25, -0.2) is 0 Å². The minimum Gasteiger partial charge on any atom is -0.496 e. The lowest BCUT2D eigenvalue weighted by Crippen LogP contribution is -1.99. The molecule has 0 saturated carbocycles. The highest BCUT2D eigenvalue weighted by molar-refractivity contribution is 5.42. The van der Waals surface area contributed by atoms with Crippen molar-refractivity contribution in [2.75, 3.05) is 13.7 Å². The molecule has 0 atom stereocenters. The molecule has 0 aliphatic carbocycles. The molecule has 0 saturated heterocycles. The maximum Gasteiger partial charge on any atom is 0.126 e. The fourth-order valence-electron chi connectivity index (χ4n) is 1.98. The summed E-state index contributed by atoms with van der Waals surface area (Å²) in [6, 6.07) is 15.0. The van der Waals surface area contributed by atoms with Gasteiger partial charge in [-0.2, -0.15) is 5.26 Å². The highest BCUT2D eigenvalue weighted by atomic mass is 16.5. The molecule has 0 fully saturated rings. The molecule has 2 rings (SSSR count). The molecule has 2 aromatic rings. The number of benzene rings is 2. The van der Waals surface area contributed by atoms with Gasteiger partial charge in [0.2, 0.25) is 0 Å². The molecular weight excluding hydrogens is 266 g/mol. The highest BCUT2D eigenvalue weighted by Crippen LogP contribution is 2.22. The first-order chi connectivity index (χ1) is 10.3. The van der Waals surface area contributed by atoms with Gasteiger partial charge in [-0.3, -0.25) is 0 Å². The van der Waals surface area contributed by atoms with Gasteiger partial charge >= 0.3 is 0 Å². The smallest absolute Gasteiger partial charge is 0.126 e. The first-order valence-electron chi connectivity index (χ1n) is 6.66. The Morgan fingerprint density at radius 2 is 1.90 bits per heavy atom. The molecule has 108 valence electrons. The van der Waals surface area contributed by atoms with Crippen LogP contribution in [0.25, 0.3) is 0 Å². The third-order valence-corrected chi connectivity index (χ3v) is 3.13. The van der Waals surface area contributed by atoms with E-state index in [-0.39, 0.29) is 6.61 Å². The molecule has 21 heavy (non-hydrogen) atoms. The van der Waals surface area contributed by atoms with E-state index in [1.807, 2.05) is 30.3 Å². The second-order valence-electron chi connectivity index (χ2n) is 4.54. The molecule has 4 heteroatoms. The summed E-state index contributed by atoms with van der Waals surface area (Å²) in [6.07, 6.45) is 0.643. The Morgan fingerprint density at radius 1 is 1.14 bits per heavy atom. The summed E-state index contributed by atoms with van der Waals surface area (Å²) < 4.78 is 11.0. The second-order valence-corrected chi connectivity index (χ2v) is 4.54. The normalized spacial score (nSPS) is 9.95. The Balaban J connectivity index is 2.04. The van der Waals surface area contributed by atoms with Crippen molar-refractivity contribution in [1.82, 2.24) is 0 Å². The summed E-state index contributed by atoms with van der Waals surface area (Å²) in [5.41, 5.74) is 2.51. The minimum absolute atomic E-state index is 0.142. The fourth-order valence-corrected chi connectivity index (χ4v) is 1.98. The number of nitriles is 1. The topological polar surface area (TPSA) is 62.5 Å². The van der Waals surface area contributed by atoms with Gasteiger partial charge in [0.1, 0.15) is 18.1 Å². The summed E-state index contributed by atoms with van der Waals surface area (Å²) in [4.78, 5) is 0. The number of hydrogen-bond donors (Lipinski definition) is 1. The molecule has 1 N–H and O–H groups in total. The third-order valence-electron chi connectivity index (χ3n) is 3.13. The van der Waals surface area contributed by atoms with Crippen LogP contribution in [0, 0.1) is 11.3 Å². The molecule has 0 amide bonds. The van der Waals surface area contributed by atoms with E-state index < -0.39 is 0 Å². The van der Waals surface area contributed by atoms with Crippen molar-refractivity contribution in [3.63, 3.8) is 0 Å². The van der Waals surface area contributed by atoms with Crippen molar-refractivity contribution in [3.05, 3.63) is 59.2 Å². The van der Waals surface area contributed by atoms with Crippen LogP contribution in [0.2, 0.25) is 0 Å². The predicted molar refractivity (Wildman–Crippen MR) is 79.3 cm³/mol. The first-order valence-corrected chi connectivity index (χ1v) is 6.66. The van der Waals surface area contributed by atoms with Crippen LogP contribution >= 0.6 is 0 Å². The molecule has 0 bridgehead atoms. The zero-order chi connectivity index (χ0) is 15.1. The van der Waals surface area contributed by atoms with Gasteiger partial charge in [0.25, 0.3) is 0 Å². The number of methoxy groups -OCH3 is 1. The van der Waals surface area contributed by atoms with Crippen LogP contribution in [0.3, 0.4) is 0 Å². The lowest BCUT2D eigenvalue weighted by Gasteiger charge is -2.11. The molecule has 0 aliphatic rings. The van der Waals surface area contributed by atoms with Crippen LogP contribution in [-0.2, 0) is 13.0 Å². The van der Waals surface area contributed by atoms with Crippen molar-refractivity contribution in [1.29, 1.82) is 5.26 Å². The summed E-state index contributed by atoms with van der Waals surface area (Å²) in [5.74, 6) is 1.40. The molecule has 0 aliphatic heterocycles. The van der Waals surface area contributed by atoms with Gasteiger partial charge in [0, 0.05) is 12.2 Å². The Kier molecular flexibility index (Phi) is 5.19. The fraction of sp³-hybridized carbons (Fsp3) is 0.235. The van der Waals surface area contributed by atoms with Gasteiger partial charge in [-0.05, 0) is 36.2 Å². The van der Waals surface area contributed by atoms with E-state index in [1.165, 1.54) is 0 Å². The summed E-state index contributed by atoms with van der Waals surface area (Å²) in [6.45, 7) is 0.511. The van der Waals surface area contributed by atoms with Crippen LogP contribution in [-0.4, -0.2) is 18.8 Å². The highest BCUT2D eigenvalue weighted by Gasteiger charge is 2.05. The molecule has 0 heterocycles. The lowest BCUT2D eigenvalue weighted by atomic mass is 10.1. The van der Waals surface area contributed by atoms with E-state index in [0.29, 0.717) is 24.3 Å². The molecule has 0 unspecified atom stereocenters. The summed E-state index contributed by atoms with van der Waals surface area (Å²) in [5, 5.41) is 17.7. The minimum atomic E-state index is 0.142. The standard InChI is InChI=1S/C17H17NO3/c1-20-17-10-14(11-18)2-5-15(17)12-21-16-6-3-13(4-7-16)8-9-19/h2-7,10,19H,8-9,12H2,1H3. The average Bonchev–Trinajstić information content (AvgIpc) is 2.54. The number of hydrogen-bond acceptors (Lipinski definition) is 4. The molecular formula is C17H17NO3. The maximum absolute atomic E-state index is 8.87. The van der Waals surface area contributed by atoms with Crippen molar-refractivity contribution in [2.24, 2.45) is 0 Å². The van der Waals surface area contributed by atoms with Crippen LogP contribution in [0.4, 0.5) is 0 Å². The number of rotatable bonds is 6. The summed E-state index contributed by atoms with van der Waals surface area (Å²) in [7, 11) is 1.57. The molecule has 2 aromatic carbocycles. The van der Waals surface area contributed by atoms with Gasteiger partial charge in [0.15, 0.2) is 0 Å². The van der Waals surface area contributed by atoms with Crippen LogP contribution < -0.4 is 9.47 Å². The number of aliphatic hydroxyl groups excluding tert-OH is 1. The third kappa shape index (κ3) is 3.98. The zero-order valence-corrected chi connectivity index (χ0v) is 11.9. The molecule has 0 spiro atoms. The average molecular weight is 283 g/mol. The number of aliphatic hydroxyl groups is 1. The Hall–Kier alpha value is -2.51. The van der Waals surface area contributed by atoms with E-state index in [1.54, 1.807) is 19.2 Å². The van der Waals surface area contributed by atoms with E-state index in [0.717, 1.165) is 16.9 Å². The Morgan fingerprint density at radius 3 is 2.52 bits per heavy atom.